The number of benzene rings is 4. The van der Waals surface area contributed by atoms with Gasteiger partial charge >= 0.3 is 0 Å². The summed E-state index contributed by atoms with van der Waals surface area (Å²) in [4.78, 5) is 31.0. The number of para-hydroxylation sites is 2. The second-order valence-electron chi connectivity index (χ2n) is 7.96. The molecule has 2 amide bonds. The summed E-state index contributed by atoms with van der Waals surface area (Å²) in [5.74, 6) is -0.203. The molecule has 4 aromatic carbocycles. The fourth-order valence-electron chi connectivity index (χ4n) is 3.83. The number of hydrogen-bond acceptors (Lipinski definition) is 4. The Labute approximate surface area is 217 Å². The van der Waals surface area contributed by atoms with Crippen molar-refractivity contribution in [3.8, 4) is 0 Å². The number of amides is 2. The summed E-state index contributed by atoms with van der Waals surface area (Å²) < 4.78 is 0. The predicted molar refractivity (Wildman–Crippen MR) is 145 cm³/mol. The summed E-state index contributed by atoms with van der Waals surface area (Å²) in [6.45, 7) is 1.93. The first-order chi connectivity index (χ1) is 17.0. The maximum Gasteiger partial charge on any atom is 0.255 e. The van der Waals surface area contributed by atoms with E-state index in [-0.39, 0.29) is 17.1 Å². The molecule has 0 aromatic heterocycles. The van der Waals surface area contributed by atoms with Crippen LogP contribution in [-0.4, -0.2) is 17.1 Å². The highest BCUT2D eigenvalue weighted by Gasteiger charge is 2.31. The first-order valence-corrected chi connectivity index (χ1v) is 13.1. The van der Waals surface area contributed by atoms with Crippen molar-refractivity contribution in [1.82, 2.24) is 0 Å². The smallest absolute Gasteiger partial charge is 0.255 e. The zero-order valence-corrected chi connectivity index (χ0v) is 21.2. The van der Waals surface area contributed by atoms with E-state index in [1.54, 1.807) is 36.0 Å². The first kappa shape index (κ1) is 23.5. The van der Waals surface area contributed by atoms with Crippen LogP contribution >= 0.6 is 35.1 Å². The molecule has 0 saturated heterocycles. The molecular weight excluding hydrogens is 496 g/mol. The van der Waals surface area contributed by atoms with Crippen molar-refractivity contribution in [2.45, 2.75) is 26.9 Å². The van der Waals surface area contributed by atoms with Crippen LogP contribution in [0.2, 0.25) is 5.02 Å². The second kappa shape index (κ2) is 10.2. The van der Waals surface area contributed by atoms with Crippen molar-refractivity contribution < 1.29 is 9.59 Å². The number of nitrogens with one attached hydrogen (secondary N) is 1. The average molecular weight is 517 g/mol. The molecule has 1 N–H and O–H groups in total. The fourth-order valence-corrected chi connectivity index (χ4v) is 5.98. The van der Waals surface area contributed by atoms with E-state index in [2.05, 4.69) is 5.32 Å². The standard InChI is InChI=1S/C28H21ClN2O2S2/c1-18(28(33)31-23-9-2-4-11-25(23)35-26-12-5-3-10-24(26)31)34-22-15-13-21(14-16-22)30-27(32)19-7-6-8-20(29)17-19/h2-18H,1H3,(H,30,32). The summed E-state index contributed by atoms with van der Waals surface area (Å²) in [5, 5.41) is 3.08. The number of thioether (sulfide) groups is 1. The predicted octanol–water partition coefficient (Wildman–Crippen LogP) is 7.90. The molecule has 4 aromatic rings. The molecule has 0 radical (unpaired) electrons. The molecule has 1 aliphatic heterocycles. The Morgan fingerprint density at radius 3 is 2.11 bits per heavy atom. The molecule has 4 nitrogen and oxygen atoms in total. The summed E-state index contributed by atoms with van der Waals surface area (Å²) in [7, 11) is 0. The Morgan fingerprint density at radius 2 is 1.49 bits per heavy atom. The van der Waals surface area contributed by atoms with Crippen molar-refractivity contribution in [1.29, 1.82) is 0 Å². The van der Waals surface area contributed by atoms with Crippen molar-refractivity contribution in [2.24, 2.45) is 0 Å². The van der Waals surface area contributed by atoms with Crippen molar-refractivity contribution in [3.63, 3.8) is 0 Å². The van der Waals surface area contributed by atoms with E-state index >= 15 is 0 Å². The van der Waals surface area contributed by atoms with Gasteiger partial charge in [0, 0.05) is 31.0 Å². The third-order valence-corrected chi connectivity index (χ3v) is 7.98. The molecule has 1 heterocycles. The number of nitrogens with zero attached hydrogens (tertiary/aromatic N) is 1. The lowest BCUT2D eigenvalue weighted by molar-refractivity contribution is -0.117. The fraction of sp³-hybridized carbons (Fsp3) is 0.0714. The van der Waals surface area contributed by atoms with Gasteiger partial charge in [0.05, 0.1) is 16.6 Å². The van der Waals surface area contributed by atoms with Gasteiger partial charge in [0.25, 0.3) is 5.91 Å². The van der Waals surface area contributed by atoms with Crippen LogP contribution in [0, 0.1) is 0 Å². The molecule has 5 rings (SSSR count). The second-order valence-corrected chi connectivity index (χ2v) is 10.9. The molecule has 0 bridgehead atoms. The Balaban J connectivity index is 1.30. The topological polar surface area (TPSA) is 49.4 Å². The first-order valence-electron chi connectivity index (χ1n) is 11.0. The molecule has 174 valence electrons. The highest BCUT2D eigenvalue weighted by molar-refractivity contribution is 8.00. The minimum atomic E-state index is -0.314. The summed E-state index contributed by atoms with van der Waals surface area (Å²) >= 11 is 9.16. The van der Waals surface area contributed by atoms with Crippen LogP contribution in [0.3, 0.4) is 0 Å². The van der Waals surface area contributed by atoms with Gasteiger partial charge in [0.2, 0.25) is 5.91 Å². The lowest BCUT2D eigenvalue weighted by atomic mass is 10.2. The Hall–Kier alpha value is -3.19. The number of hydrogen-bond donors (Lipinski definition) is 1. The van der Waals surface area contributed by atoms with E-state index in [4.69, 9.17) is 11.6 Å². The molecular formula is C28H21ClN2O2S2. The van der Waals surface area contributed by atoms with Gasteiger partial charge in [-0.1, -0.05) is 53.7 Å². The molecule has 0 aliphatic carbocycles. The minimum absolute atomic E-state index is 0.0218. The maximum atomic E-state index is 13.7. The van der Waals surface area contributed by atoms with E-state index in [0.717, 1.165) is 26.1 Å². The largest absolute Gasteiger partial charge is 0.322 e. The van der Waals surface area contributed by atoms with Gasteiger partial charge in [-0.2, -0.15) is 0 Å². The quantitative estimate of drug-likeness (QED) is 0.274. The van der Waals surface area contributed by atoms with Crippen LogP contribution in [-0.2, 0) is 4.79 Å². The molecule has 1 aliphatic rings. The number of anilines is 3. The van der Waals surface area contributed by atoms with Crippen LogP contribution in [0.5, 0.6) is 0 Å². The van der Waals surface area contributed by atoms with Crippen LogP contribution in [0.15, 0.2) is 112 Å². The highest BCUT2D eigenvalue weighted by Crippen LogP contribution is 2.48. The third-order valence-electron chi connectivity index (χ3n) is 5.51. The Morgan fingerprint density at radius 1 is 0.857 bits per heavy atom. The highest BCUT2D eigenvalue weighted by atomic mass is 35.5. The van der Waals surface area contributed by atoms with E-state index in [1.165, 1.54) is 11.8 Å². The lowest BCUT2D eigenvalue weighted by Gasteiger charge is -2.32. The zero-order valence-electron chi connectivity index (χ0n) is 18.8. The van der Waals surface area contributed by atoms with Crippen LogP contribution in [0.1, 0.15) is 17.3 Å². The lowest BCUT2D eigenvalue weighted by Crippen LogP contribution is -2.34. The molecule has 0 spiro atoms. The summed E-state index contributed by atoms with van der Waals surface area (Å²) in [5.41, 5.74) is 2.99. The van der Waals surface area contributed by atoms with Crippen LogP contribution in [0.4, 0.5) is 17.1 Å². The van der Waals surface area contributed by atoms with E-state index in [9.17, 15) is 9.59 Å². The third kappa shape index (κ3) is 5.10. The van der Waals surface area contributed by atoms with Crippen molar-refractivity contribution >= 4 is 64.0 Å². The van der Waals surface area contributed by atoms with E-state index < -0.39 is 0 Å². The van der Waals surface area contributed by atoms with Crippen molar-refractivity contribution in [3.05, 3.63) is 108 Å². The molecule has 1 unspecified atom stereocenters. The zero-order chi connectivity index (χ0) is 24.4. The SMILES string of the molecule is CC(Sc1ccc(NC(=O)c2cccc(Cl)c2)cc1)C(=O)N1c2ccccc2Sc2ccccc21. The molecule has 7 heteroatoms. The van der Waals surface area contributed by atoms with Crippen LogP contribution < -0.4 is 10.2 Å². The van der Waals surface area contributed by atoms with Gasteiger partial charge in [-0.15, -0.1) is 11.8 Å². The number of halogens is 1. The van der Waals surface area contributed by atoms with Crippen molar-refractivity contribution in [2.75, 3.05) is 10.2 Å². The molecule has 0 saturated carbocycles. The summed E-state index contributed by atoms with van der Waals surface area (Å²) in [6.07, 6.45) is 0. The monoisotopic (exact) mass is 516 g/mol. The summed E-state index contributed by atoms with van der Waals surface area (Å²) in [6, 6.07) is 30.3. The average Bonchev–Trinajstić information content (AvgIpc) is 2.88. The van der Waals surface area contributed by atoms with Gasteiger partial charge in [-0.25, -0.2) is 0 Å². The maximum absolute atomic E-state index is 13.7. The number of rotatable bonds is 5. The number of carbonyl (C=O) groups is 2. The Kier molecular flexibility index (Phi) is 6.86. The van der Waals surface area contributed by atoms with E-state index in [1.807, 2.05) is 84.6 Å². The molecule has 35 heavy (non-hydrogen) atoms. The normalized spacial score (nSPS) is 12.9. The van der Waals surface area contributed by atoms with Gasteiger partial charge in [-0.3, -0.25) is 14.5 Å². The van der Waals surface area contributed by atoms with Crippen LogP contribution in [0.25, 0.3) is 0 Å². The number of carbonyl (C=O) groups excluding carboxylic acids is 2. The number of fused-ring (bicyclic) bond motifs is 2. The van der Waals surface area contributed by atoms with Gasteiger partial charge in [0.1, 0.15) is 0 Å². The van der Waals surface area contributed by atoms with E-state index in [0.29, 0.717) is 16.3 Å². The minimum Gasteiger partial charge on any atom is -0.322 e. The Bertz CT molecular complexity index is 1360. The van der Waals surface area contributed by atoms with Gasteiger partial charge < -0.3 is 5.32 Å². The molecule has 1 atom stereocenters. The molecule has 0 fully saturated rings. The van der Waals surface area contributed by atoms with Gasteiger partial charge in [-0.05, 0) is 73.7 Å². The van der Waals surface area contributed by atoms with Gasteiger partial charge in [0.15, 0.2) is 0 Å².